The predicted octanol–water partition coefficient (Wildman–Crippen LogP) is 5.14. The molecule has 0 spiro atoms. The molecule has 1 heterocycles. The van der Waals surface area contributed by atoms with Crippen LogP contribution < -0.4 is 4.74 Å². The number of carboxylic acid groups (broad SMARTS) is 1. The molecule has 0 unspecified atom stereocenters. The van der Waals surface area contributed by atoms with E-state index in [0.717, 1.165) is 35.2 Å². The normalized spacial score (nSPS) is 11.4. The van der Waals surface area contributed by atoms with Gasteiger partial charge in [0.1, 0.15) is 17.2 Å². The molecule has 7 heteroatoms. The first-order chi connectivity index (χ1) is 15.0. The van der Waals surface area contributed by atoms with Crippen molar-refractivity contribution >= 4 is 11.7 Å². The van der Waals surface area contributed by atoms with E-state index in [1.54, 1.807) is 6.07 Å². The fraction of sp³-hybridized carbons (Fsp3) is 0.292. The van der Waals surface area contributed by atoms with Gasteiger partial charge in [0.2, 0.25) is 5.89 Å². The van der Waals surface area contributed by atoms with E-state index >= 15 is 0 Å². The molecule has 0 amide bonds. The van der Waals surface area contributed by atoms with E-state index in [1.165, 1.54) is 0 Å². The summed E-state index contributed by atoms with van der Waals surface area (Å²) < 4.78 is 11.1. The number of oxazole rings is 1. The lowest BCUT2D eigenvalue weighted by atomic mass is 10.0. The van der Waals surface area contributed by atoms with Crippen molar-refractivity contribution in [2.45, 2.75) is 40.2 Å². The number of benzene rings is 2. The monoisotopic (exact) mass is 422 g/mol. The molecule has 7 nitrogen and oxygen atoms in total. The van der Waals surface area contributed by atoms with Gasteiger partial charge in [-0.1, -0.05) is 36.7 Å². The third-order valence-corrected chi connectivity index (χ3v) is 4.64. The van der Waals surface area contributed by atoms with Crippen molar-refractivity contribution in [3.63, 3.8) is 0 Å². The van der Waals surface area contributed by atoms with Gasteiger partial charge in [0.15, 0.2) is 13.2 Å². The van der Waals surface area contributed by atoms with Crippen LogP contribution in [0.2, 0.25) is 0 Å². The number of rotatable bonds is 10. The van der Waals surface area contributed by atoms with E-state index in [9.17, 15) is 4.79 Å². The van der Waals surface area contributed by atoms with Crippen molar-refractivity contribution in [2.24, 2.45) is 5.16 Å². The second-order valence-corrected chi connectivity index (χ2v) is 7.11. The van der Waals surface area contributed by atoms with Gasteiger partial charge < -0.3 is 19.1 Å². The number of oxime groups is 1. The Bertz CT molecular complexity index is 1060. The second-order valence-electron chi connectivity index (χ2n) is 7.11. The van der Waals surface area contributed by atoms with Crippen molar-refractivity contribution in [2.75, 3.05) is 6.61 Å². The van der Waals surface area contributed by atoms with E-state index in [-0.39, 0.29) is 13.2 Å². The van der Waals surface area contributed by atoms with Crippen molar-refractivity contribution in [3.8, 4) is 17.2 Å². The van der Waals surface area contributed by atoms with Gasteiger partial charge in [-0.05, 0) is 61.7 Å². The van der Waals surface area contributed by atoms with Crippen LogP contribution >= 0.6 is 0 Å². The van der Waals surface area contributed by atoms with E-state index < -0.39 is 5.97 Å². The first-order valence-electron chi connectivity index (χ1n) is 10.1. The number of hydrogen-bond acceptors (Lipinski definition) is 6. The molecule has 0 aliphatic heterocycles. The third-order valence-electron chi connectivity index (χ3n) is 4.64. The van der Waals surface area contributed by atoms with E-state index in [1.807, 2.05) is 56.3 Å². The Kier molecular flexibility index (Phi) is 7.43. The van der Waals surface area contributed by atoms with Crippen molar-refractivity contribution in [3.05, 3.63) is 71.1 Å². The molecule has 1 N–H and O–H groups in total. The van der Waals surface area contributed by atoms with E-state index in [0.29, 0.717) is 23.1 Å². The summed E-state index contributed by atoms with van der Waals surface area (Å²) in [6, 6.07) is 15.2. The quantitative estimate of drug-likeness (QED) is 0.359. The molecule has 0 radical (unpaired) electrons. The second kappa shape index (κ2) is 10.4. The molecule has 0 bridgehead atoms. The summed E-state index contributed by atoms with van der Waals surface area (Å²) >= 11 is 0. The number of nitrogens with zero attached hydrogens (tertiary/aromatic N) is 2. The first-order valence-corrected chi connectivity index (χ1v) is 10.1. The van der Waals surface area contributed by atoms with Gasteiger partial charge in [0.25, 0.3) is 0 Å². The number of aliphatic carboxylic acids is 1. The first kappa shape index (κ1) is 22.1. The molecule has 3 aromatic rings. The summed E-state index contributed by atoms with van der Waals surface area (Å²) in [6.07, 6.45) is 1.64. The Morgan fingerprint density at radius 2 is 1.94 bits per heavy atom. The molecule has 31 heavy (non-hydrogen) atoms. The van der Waals surface area contributed by atoms with Crippen molar-refractivity contribution in [1.29, 1.82) is 0 Å². The van der Waals surface area contributed by atoms with Crippen molar-refractivity contribution < 1.29 is 23.9 Å². The van der Waals surface area contributed by atoms with E-state index in [4.69, 9.17) is 19.1 Å². The molecule has 0 saturated carbocycles. The largest absolute Gasteiger partial charge is 0.482 e. The number of carbonyl (C=O) groups is 1. The zero-order chi connectivity index (χ0) is 22.2. The molecule has 0 aliphatic rings. The summed E-state index contributed by atoms with van der Waals surface area (Å²) in [5, 5.41) is 13.1. The summed E-state index contributed by atoms with van der Waals surface area (Å²) in [7, 11) is 0. The average molecular weight is 422 g/mol. The van der Waals surface area contributed by atoms with Gasteiger partial charge in [-0.15, -0.1) is 0 Å². The van der Waals surface area contributed by atoms with Gasteiger partial charge in [0.05, 0.1) is 5.71 Å². The number of carboxylic acids is 1. The maximum Gasteiger partial charge on any atom is 0.341 e. The summed E-state index contributed by atoms with van der Waals surface area (Å²) in [4.78, 5) is 20.9. The predicted molar refractivity (Wildman–Crippen MR) is 117 cm³/mol. The van der Waals surface area contributed by atoms with Crippen LogP contribution in [0.15, 0.2) is 58.1 Å². The maximum atomic E-state index is 10.7. The molecule has 0 atom stereocenters. The lowest BCUT2D eigenvalue weighted by Crippen LogP contribution is -2.10. The van der Waals surface area contributed by atoms with Crippen molar-refractivity contribution in [1.82, 2.24) is 4.98 Å². The summed E-state index contributed by atoms with van der Waals surface area (Å²) in [6.45, 7) is 5.62. The highest BCUT2D eigenvalue weighted by atomic mass is 16.6. The molecule has 0 saturated heterocycles. The fourth-order valence-electron chi connectivity index (χ4n) is 3.05. The average Bonchev–Trinajstić information content (AvgIpc) is 3.13. The number of aromatic nitrogens is 1. The molecule has 0 fully saturated rings. The highest BCUT2D eigenvalue weighted by molar-refractivity contribution is 6.00. The molecule has 2 aromatic carbocycles. The zero-order valence-electron chi connectivity index (χ0n) is 17.9. The van der Waals surface area contributed by atoms with Gasteiger partial charge >= 0.3 is 5.97 Å². The highest BCUT2D eigenvalue weighted by Crippen LogP contribution is 2.23. The fourth-order valence-corrected chi connectivity index (χ4v) is 3.05. The Hall–Kier alpha value is -3.61. The molecular formula is C24H26N2O5. The lowest BCUT2D eigenvalue weighted by molar-refractivity contribution is -0.139. The lowest BCUT2D eigenvalue weighted by Gasteiger charge is -2.10. The summed E-state index contributed by atoms with van der Waals surface area (Å²) in [5.74, 6) is 0.780. The highest BCUT2D eigenvalue weighted by Gasteiger charge is 2.13. The SMILES string of the molecule is CCC/C(=N\OCc1nc(-c2ccccc2)oc1C)c1ccc(OCC(=O)O)c(C)c1. The minimum Gasteiger partial charge on any atom is -0.482 e. The maximum absolute atomic E-state index is 10.7. The van der Waals surface area contributed by atoms with Crippen LogP contribution in [0.4, 0.5) is 0 Å². The minimum absolute atomic E-state index is 0.203. The number of ether oxygens (including phenoxy) is 1. The van der Waals surface area contributed by atoms with Crippen LogP contribution in [-0.2, 0) is 16.2 Å². The molecule has 162 valence electrons. The number of aryl methyl sites for hydroxylation is 2. The topological polar surface area (TPSA) is 94.2 Å². The molecule has 1 aromatic heterocycles. The zero-order valence-corrected chi connectivity index (χ0v) is 17.9. The van der Waals surface area contributed by atoms with Gasteiger partial charge in [0, 0.05) is 5.56 Å². The third kappa shape index (κ3) is 5.94. The van der Waals surface area contributed by atoms with Crippen LogP contribution in [0.5, 0.6) is 5.75 Å². The minimum atomic E-state index is -1.01. The Balaban J connectivity index is 1.71. The molecule has 3 rings (SSSR count). The van der Waals surface area contributed by atoms with Crippen LogP contribution in [-0.4, -0.2) is 28.4 Å². The Morgan fingerprint density at radius 3 is 2.61 bits per heavy atom. The smallest absolute Gasteiger partial charge is 0.341 e. The molecular weight excluding hydrogens is 396 g/mol. The number of hydrogen-bond donors (Lipinski definition) is 1. The Labute approximate surface area is 181 Å². The molecule has 0 aliphatic carbocycles. The van der Waals surface area contributed by atoms with Gasteiger partial charge in [-0.3, -0.25) is 0 Å². The van der Waals surface area contributed by atoms with E-state index in [2.05, 4.69) is 17.1 Å². The Morgan fingerprint density at radius 1 is 1.16 bits per heavy atom. The van der Waals surface area contributed by atoms with Crippen LogP contribution in [0, 0.1) is 13.8 Å². The van der Waals surface area contributed by atoms with Crippen LogP contribution in [0.25, 0.3) is 11.5 Å². The van der Waals surface area contributed by atoms with Gasteiger partial charge in [-0.2, -0.15) is 0 Å². The van der Waals surface area contributed by atoms with Crippen LogP contribution in [0.3, 0.4) is 0 Å². The summed E-state index contributed by atoms with van der Waals surface area (Å²) in [5.41, 5.74) is 4.16. The van der Waals surface area contributed by atoms with Gasteiger partial charge in [-0.25, -0.2) is 9.78 Å². The standard InChI is InChI=1S/C24H26N2O5/c1-4-8-20(19-11-12-22(16(2)13-19)29-15-23(27)28)26-30-14-21-17(3)31-24(25-21)18-9-6-5-7-10-18/h5-7,9-13H,4,8,14-15H2,1-3H3,(H,27,28)/b26-20+. The van der Waals surface area contributed by atoms with Crippen LogP contribution in [0.1, 0.15) is 42.3 Å².